The van der Waals surface area contributed by atoms with Crippen LogP contribution in [0.15, 0.2) is 39.3 Å². The number of halogens is 3. The first-order valence-corrected chi connectivity index (χ1v) is 9.65. The minimum Gasteiger partial charge on any atom is -0.506 e. The van der Waals surface area contributed by atoms with Crippen LogP contribution in [0.5, 0.6) is 5.75 Å². The summed E-state index contributed by atoms with van der Waals surface area (Å²) in [6.07, 6.45) is -4.47. The molecule has 0 aliphatic heterocycles. The zero-order valence-electron chi connectivity index (χ0n) is 14.3. The molecule has 152 valence electrons. The van der Waals surface area contributed by atoms with Crippen LogP contribution in [0.3, 0.4) is 0 Å². The molecule has 0 aliphatic carbocycles. The molecule has 2 amide bonds. The van der Waals surface area contributed by atoms with Gasteiger partial charge in [0.25, 0.3) is 11.5 Å². The summed E-state index contributed by atoms with van der Waals surface area (Å²) in [5, 5.41) is 12.3. The number of alkyl halides is 3. The van der Waals surface area contributed by atoms with Gasteiger partial charge in [-0.15, -0.1) is 23.1 Å². The van der Waals surface area contributed by atoms with Gasteiger partial charge >= 0.3 is 6.18 Å². The molecule has 3 rings (SSSR count). The largest absolute Gasteiger partial charge is 0.506 e. The van der Waals surface area contributed by atoms with E-state index >= 15 is 0 Å². The van der Waals surface area contributed by atoms with Crippen molar-refractivity contribution in [3.63, 3.8) is 0 Å². The van der Waals surface area contributed by atoms with Crippen molar-refractivity contribution in [2.24, 2.45) is 5.73 Å². The average molecular weight is 443 g/mol. The van der Waals surface area contributed by atoms with Gasteiger partial charge in [-0.3, -0.25) is 14.4 Å². The second-order valence-corrected chi connectivity index (χ2v) is 8.03. The molecule has 0 aliphatic rings. The van der Waals surface area contributed by atoms with Gasteiger partial charge in [-0.2, -0.15) is 13.2 Å². The van der Waals surface area contributed by atoms with E-state index in [0.717, 1.165) is 53.4 Å². The summed E-state index contributed by atoms with van der Waals surface area (Å²) in [7, 11) is 0. The van der Waals surface area contributed by atoms with Gasteiger partial charge < -0.3 is 21.1 Å². The highest BCUT2D eigenvalue weighted by molar-refractivity contribution is 8.02. The first-order valence-electron chi connectivity index (χ1n) is 7.84. The van der Waals surface area contributed by atoms with E-state index in [4.69, 9.17) is 5.73 Å². The fraction of sp³-hybridized carbons (Fsp3) is 0.118. The molecule has 12 heteroatoms. The fourth-order valence-electron chi connectivity index (χ4n) is 2.46. The molecule has 0 fully saturated rings. The van der Waals surface area contributed by atoms with Crippen LogP contribution in [-0.2, 0) is 11.0 Å². The molecule has 0 radical (unpaired) electrons. The second kappa shape index (κ2) is 7.79. The lowest BCUT2D eigenvalue weighted by atomic mass is 10.2. The number of hydrogen-bond acceptors (Lipinski definition) is 6. The molecule has 0 saturated heterocycles. The molecule has 0 bridgehead atoms. The van der Waals surface area contributed by atoms with Gasteiger partial charge in [0.05, 0.1) is 31.3 Å². The highest BCUT2D eigenvalue weighted by Crippen LogP contribution is 2.40. The number of anilines is 1. The predicted molar refractivity (Wildman–Crippen MR) is 103 cm³/mol. The van der Waals surface area contributed by atoms with Crippen molar-refractivity contribution in [2.75, 3.05) is 11.1 Å². The van der Waals surface area contributed by atoms with Gasteiger partial charge in [0, 0.05) is 11.8 Å². The van der Waals surface area contributed by atoms with Gasteiger partial charge in [-0.05, 0) is 24.3 Å². The third-order valence-electron chi connectivity index (χ3n) is 3.70. The number of pyridine rings is 1. The Morgan fingerprint density at radius 3 is 2.48 bits per heavy atom. The number of carbonyl (C=O) groups is 2. The van der Waals surface area contributed by atoms with Crippen LogP contribution in [0, 0.1) is 0 Å². The molecule has 0 saturated carbocycles. The molecule has 5 N–H and O–H groups in total. The van der Waals surface area contributed by atoms with E-state index < -0.39 is 29.1 Å². The molecule has 0 unspecified atom stereocenters. The lowest BCUT2D eigenvalue weighted by molar-refractivity contribution is -0.137. The zero-order valence-corrected chi connectivity index (χ0v) is 15.9. The van der Waals surface area contributed by atoms with E-state index in [1.807, 2.05) is 0 Å². The quantitative estimate of drug-likeness (QED) is 0.451. The number of thioether (sulfide) groups is 1. The maximum absolute atomic E-state index is 12.6. The van der Waals surface area contributed by atoms with Crippen LogP contribution in [0.25, 0.3) is 10.2 Å². The van der Waals surface area contributed by atoms with Crippen molar-refractivity contribution in [1.82, 2.24) is 4.98 Å². The van der Waals surface area contributed by atoms with E-state index in [1.54, 1.807) is 0 Å². The predicted octanol–water partition coefficient (Wildman–Crippen LogP) is 3.14. The summed E-state index contributed by atoms with van der Waals surface area (Å²) >= 11 is 1.92. The number of nitrogens with two attached hydrogens (primary N) is 1. The number of aromatic nitrogens is 1. The molecule has 0 atom stereocenters. The second-order valence-electron chi connectivity index (χ2n) is 5.76. The Bertz CT molecular complexity index is 1150. The molecular weight excluding hydrogens is 431 g/mol. The Morgan fingerprint density at radius 1 is 1.24 bits per heavy atom. The van der Waals surface area contributed by atoms with E-state index in [0.29, 0.717) is 4.21 Å². The minimum atomic E-state index is -4.47. The number of carbonyl (C=O) groups excluding carboxylic acids is 2. The van der Waals surface area contributed by atoms with Gasteiger partial charge in [0.15, 0.2) is 0 Å². The van der Waals surface area contributed by atoms with Crippen LogP contribution >= 0.6 is 23.1 Å². The number of nitrogens with one attached hydrogen (secondary N) is 2. The zero-order chi connectivity index (χ0) is 21.3. The number of aromatic hydroxyl groups is 1. The number of H-pyrrole nitrogens is 1. The highest BCUT2D eigenvalue weighted by atomic mass is 32.2. The third kappa shape index (κ3) is 4.54. The summed E-state index contributed by atoms with van der Waals surface area (Å²) in [5.74, 6) is -1.88. The molecule has 29 heavy (non-hydrogen) atoms. The van der Waals surface area contributed by atoms with Crippen molar-refractivity contribution in [1.29, 1.82) is 0 Å². The number of fused-ring (bicyclic) bond motifs is 1. The number of amides is 2. The van der Waals surface area contributed by atoms with Crippen LogP contribution in [-0.4, -0.2) is 27.7 Å². The number of primary amides is 1. The van der Waals surface area contributed by atoms with Crippen LogP contribution in [0.2, 0.25) is 0 Å². The monoisotopic (exact) mass is 443 g/mol. The molecular formula is C17H12F3N3O4S2. The summed E-state index contributed by atoms with van der Waals surface area (Å²) in [4.78, 5) is 37.9. The summed E-state index contributed by atoms with van der Waals surface area (Å²) in [6, 6.07) is 4.90. The average Bonchev–Trinajstić information content (AvgIpc) is 2.98. The fourth-order valence-corrected chi connectivity index (χ4v) is 4.71. The summed E-state index contributed by atoms with van der Waals surface area (Å²) in [6.45, 7) is 0. The van der Waals surface area contributed by atoms with Gasteiger partial charge in [0.1, 0.15) is 5.75 Å². The van der Waals surface area contributed by atoms with Crippen molar-refractivity contribution < 1.29 is 27.9 Å². The van der Waals surface area contributed by atoms with Crippen molar-refractivity contribution in [3.05, 3.63) is 51.8 Å². The first kappa shape index (κ1) is 20.7. The Hall–Kier alpha value is -2.99. The number of rotatable bonds is 5. The standard InChI is InChI=1S/C17H12F3N3O4S2/c18-17(19,20)7-1-3-8(4-2-7)22-11(26)6-28-16-12(15(21)27)13-14(29-16)9(24)5-10(25)23-13/h1-5H,6H2,(H2,21,27)(H,22,26)(H2,23,24,25). The molecule has 1 aromatic carbocycles. The van der Waals surface area contributed by atoms with Crippen LogP contribution < -0.4 is 16.6 Å². The lowest BCUT2D eigenvalue weighted by Gasteiger charge is -2.08. The number of thiophene rings is 1. The molecule has 3 aromatic rings. The van der Waals surface area contributed by atoms with E-state index in [9.17, 15) is 32.7 Å². The Morgan fingerprint density at radius 2 is 1.90 bits per heavy atom. The van der Waals surface area contributed by atoms with Crippen LogP contribution in [0.4, 0.5) is 18.9 Å². The summed E-state index contributed by atoms with van der Waals surface area (Å²) < 4.78 is 38.3. The smallest absolute Gasteiger partial charge is 0.416 e. The lowest BCUT2D eigenvalue weighted by Crippen LogP contribution is -2.16. The van der Waals surface area contributed by atoms with Gasteiger partial charge in [-0.1, -0.05) is 0 Å². The Labute approximate surface area is 168 Å². The molecule has 7 nitrogen and oxygen atoms in total. The minimum absolute atomic E-state index is 0.0228. The topological polar surface area (TPSA) is 125 Å². The highest BCUT2D eigenvalue weighted by Gasteiger charge is 2.30. The number of aromatic amines is 1. The Balaban J connectivity index is 1.76. The maximum Gasteiger partial charge on any atom is 0.416 e. The van der Waals surface area contributed by atoms with Crippen molar-refractivity contribution in [2.45, 2.75) is 10.4 Å². The third-order valence-corrected chi connectivity index (χ3v) is 6.18. The normalized spacial score (nSPS) is 11.6. The van der Waals surface area contributed by atoms with E-state index in [1.165, 1.54) is 0 Å². The summed E-state index contributed by atoms with van der Waals surface area (Å²) in [5.41, 5.74) is 4.14. The SMILES string of the molecule is NC(=O)c1c(SCC(=O)Nc2ccc(C(F)(F)F)cc2)sc2c(O)cc(=O)[nH]c12. The Kier molecular flexibility index (Phi) is 5.57. The maximum atomic E-state index is 12.6. The van der Waals surface area contributed by atoms with E-state index in [2.05, 4.69) is 10.3 Å². The van der Waals surface area contributed by atoms with Gasteiger partial charge in [-0.25, -0.2) is 0 Å². The van der Waals surface area contributed by atoms with E-state index in [-0.39, 0.29) is 33.0 Å². The van der Waals surface area contributed by atoms with Gasteiger partial charge in [0.2, 0.25) is 5.91 Å². The first-order chi connectivity index (χ1) is 13.6. The number of hydrogen-bond donors (Lipinski definition) is 4. The van der Waals surface area contributed by atoms with Crippen molar-refractivity contribution in [3.8, 4) is 5.75 Å². The molecule has 2 aromatic heterocycles. The van der Waals surface area contributed by atoms with Crippen LogP contribution in [0.1, 0.15) is 15.9 Å². The molecule has 2 heterocycles. The van der Waals surface area contributed by atoms with Crippen molar-refractivity contribution >= 4 is 50.8 Å². The number of benzene rings is 1. The molecule has 0 spiro atoms.